The Kier molecular flexibility index (Phi) is 5.62. The Morgan fingerprint density at radius 1 is 1.33 bits per heavy atom. The summed E-state index contributed by atoms with van der Waals surface area (Å²) in [5, 5.41) is 3.53. The van der Waals surface area contributed by atoms with Crippen molar-refractivity contribution in [1.82, 2.24) is 10.2 Å². The largest absolute Gasteiger partial charge is 0.316 e. The van der Waals surface area contributed by atoms with Crippen molar-refractivity contribution in [2.24, 2.45) is 5.92 Å². The highest BCUT2D eigenvalue weighted by Crippen LogP contribution is 2.20. The van der Waals surface area contributed by atoms with Crippen molar-refractivity contribution < 1.29 is 0 Å². The molecule has 0 amide bonds. The Morgan fingerprint density at radius 2 is 2.07 bits per heavy atom. The number of likely N-dealkylation sites (tertiary alicyclic amines) is 1. The van der Waals surface area contributed by atoms with Gasteiger partial charge < -0.3 is 5.32 Å². The van der Waals surface area contributed by atoms with Gasteiger partial charge in [-0.3, -0.25) is 4.90 Å². The van der Waals surface area contributed by atoms with E-state index in [1.807, 2.05) is 0 Å². The molecule has 1 heterocycles. The van der Waals surface area contributed by atoms with Crippen LogP contribution in [-0.4, -0.2) is 36.6 Å². The minimum Gasteiger partial charge on any atom is -0.316 e. The molecule has 0 aromatic rings. The first-order valence-electron chi connectivity index (χ1n) is 6.57. The maximum Gasteiger partial charge on any atom is 0.00818 e. The second-order valence-corrected chi connectivity index (χ2v) is 5.46. The van der Waals surface area contributed by atoms with Gasteiger partial charge in [0.1, 0.15) is 0 Å². The fourth-order valence-electron chi connectivity index (χ4n) is 2.48. The van der Waals surface area contributed by atoms with Gasteiger partial charge in [0, 0.05) is 12.1 Å². The Morgan fingerprint density at radius 3 is 2.60 bits per heavy atom. The summed E-state index contributed by atoms with van der Waals surface area (Å²) in [6, 6.07) is 1.56. The van der Waals surface area contributed by atoms with E-state index >= 15 is 0 Å². The SMILES string of the molecule is CC(C)CNCCC(C)N1CCCC1C. The van der Waals surface area contributed by atoms with E-state index in [1.165, 1.54) is 32.4 Å². The van der Waals surface area contributed by atoms with Gasteiger partial charge in [0.2, 0.25) is 0 Å². The van der Waals surface area contributed by atoms with Crippen molar-refractivity contribution in [3.05, 3.63) is 0 Å². The zero-order chi connectivity index (χ0) is 11.3. The summed E-state index contributed by atoms with van der Waals surface area (Å²) in [5.74, 6) is 0.769. The van der Waals surface area contributed by atoms with Crippen LogP contribution in [0.3, 0.4) is 0 Å². The molecule has 0 spiro atoms. The molecule has 2 nitrogen and oxygen atoms in total. The zero-order valence-corrected chi connectivity index (χ0v) is 10.9. The first kappa shape index (κ1) is 13.0. The minimum absolute atomic E-state index is 0.752. The second kappa shape index (κ2) is 6.49. The molecule has 0 aromatic heterocycles. The smallest absolute Gasteiger partial charge is 0.00818 e. The molecular weight excluding hydrogens is 184 g/mol. The Labute approximate surface area is 95.4 Å². The van der Waals surface area contributed by atoms with E-state index in [0.29, 0.717) is 0 Å². The van der Waals surface area contributed by atoms with Gasteiger partial charge >= 0.3 is 0 Å². The van der Waals surface area contributed by atoms with Crippen LogP contribution in [0.2, 0.25) is 0 Å². The molecule has 0 bridgehead atoms. The normalized spacial score (nSPS) is 25.0. The highest BCUT2D eigenvalue weighted by atomic mass is 15.2. The van der Waals surface area contributed by atoms with E-state index in [1.54, 1.807) is 0 Å². The fourth-order valence-corrected chi connectivity index (χ4v) is 2.48. The summed E-state index contributed by atoms with van der Waals surface area (Å²) in [5.41, 5.74) is 0. The predicted octanol–water partition coefficient (Wildman–Crippen LogP) is 2.49. The van der Waals surface area contributed by atoms with Crippen molar-refractivity contribution in [3.63, 3.8) is 0 Å². The van der Waals surface area contributed by atoms with Crippen LogP contribution in [0, 0.1) is 5.92 Å². The van der Waals surface area contributed by atoms with Gasteiger partial charge in [-0.15, -0.1) is 0 Å². The Bertz CT molecular complexity index is 168. The molecule has 1 fully saturated rings. The third-order valence-electron chi connectivity index (χ3n) is 3.46. The standard InChI is InChI=1S/C13H28N2/c1-11(2)10-14-8-7-13(4)15-9-5-6-12(15)3/h11-14H,5-10H2,1-4H3. The lowest BCUT2D eigenvalue weighted by molar-refractivity contribution is 0.192. The summed E-state index contributed by atoms with van der Waals surface area (Å²) in [4.78, 5) is 2.66. The molecule has 1 aliphatic heterocycles. The number of nitrogens with one attached hydrogen (secondary N) is 1. The fraction of sp³-hybridized carbons (Fsp3) is 1.00. The van der Waals surface area contributed by atoms with Crippen molar-refractivity contribution in [3.8, 4) is 0 Å². The maximum absolute atomic E-state index is 3.53. The molecule has 2 atom stereocenters. The van der Waals surface area contributed by atoms with Crippen molar-refractivity contribution >= 4 is 0 Å². The van der Waals surface area contributed by atoms with Crippen LogP contribution in [0.15, 0.2) is 0 Å². The third-order valence-corrected chi connectivity index (χ3v) is 3.46. The Balaban J connectivity index is 2.10. The average molecular weight is 212 g/mol. The van der Waals surface area contributed by atoms with Crippen molar-refractivity contribution in [1.29, 1.82) is 0 Å². The quantitative estimate of drug-likeness (QED) is 0.681. The number of hydrogen-bond acceptors (Lipinski definition) is 2. The van der Waals surface area contributed by atoms with E-state index in [4.69, 9.17) is 0 Å². The van der Waals surface area contributed by atoms with Gasteiger partial charge in [0.25, 0.3) is 0 Å². The zero-order valence-electron chi connectivity index (χ0n) is 10.9. The number of hydrogen-bond donors (Lipinski definition) is 1. The van der Waals surface area contributed by atoms with Gasteiger partial charge in [0.05, 0.1) is 0 Å². The van der Waals surface area contributed by atoms with Gasteiger partial charge in [-0.25, -0.2) is 0 Å². The molecule has 0 aliphatic carbocycles. The van der Waals surface area contributed by atoms with Crippen LogP contribution in [-0.2, 0) is 0 Å². The lowest BCUT2D eigenvalue weighted by Gasteiger charge is -2.28. The van der Waals surface area contributed by atoms with Gasteiger partial charge in [0.15, 0.2) is 0 Å². The molecular formula is C13H28N2. The van der Waals surface area contributed by atoms with Crippen LogP contribution in [0.1, 0.15) is 47.0 Å². The molecule has 1 saturated heterocycles. The molecule has 1 N–H and O–H groups in total. The summed E-state index contributed by atoms with van der Waals surface area (Å²) in [6.45, 7) is 12.9. The lowest BCUT2D eigenvalue weighted by Crippen LogP contribution is -2.37. The summed E-state index contributed by atoms with van der Waals surface area (Å²) >= 11 is 0. The van der Waals surface area contributed by atoms with Gasteiger partial charge in [-0.1, -0.05) is 13.8 Å². The molecule has 0 saturated carbocycles. The van der Waals surface area contributed by atoms with Gasteiger partial charge in [-0.2, -0.15) is 0 Å². The highest BCUT2D eigenvalue weighted by Gasteiger charge is 2.24. The first-order valence-corrected chi connectivity index (χ1v) is 6.57. The minimum atomic E-state index is 0.752. The maximum atomic E-state index is 3.53. The Hall–Kier alpha value is -0.0800. The van der Waals surface area contributed by atoms with Crippen molar-refractivity contribution in [2.75, 3.05) is 19.6 Å². The summed E-state index contributed by atoms with van der Waals surface area (Å²) in [6.07, 6.45) is 4.08. The van der Waals surface area contributed by atoms with Crippen molar-refractivity contribution in [2.45, 2.75) is 59.0 Å². The second-order valence-electron chi connectivity index (χ2n) is 5.46. The molecule has 2 unspecified atom stereocenters. The van der Waals surface area contributed by atoms with Crippen LogP contribution >= 0.6 is 0 Å². The monoisotopic (exact) mass is 212 g/mol. The van der Waals surface area contributed by atoms with Crippen LogP contribution in [0.4, 0.5) is 0 Å². The molecule has 0 aromatic carbocycles. The number of rotatable bonds is 6. The van der Waals surface area contributed by atoms with E-state index in [9.17, 15) is 0 Å². The summed E-state index contributed by atoms with van der Waals surface area (Å²) in [7, 11) is 0. The number of nitrogens with zero attached hydrogens (tertiary/aromatic N) is 1. The topological polar surface area (TPSA) is 15.3 Å². The molecule has 15 heavy (non-hydrogen) atoms. The highest BCUT2D eigenvalue weighted by molar-refractivity contribution is 4.80. The van der Waals surface area contributed by atoms with Crippen LogP contribution in [0.5, 0.6) is 0 Å². The molecule has 1 aliphatic rings. The van der Waals surface area contributed by atoms with Gasteiger partial charge in [-0.05, 0) is 58.7 Å². The lowest BCUT2D eigenvalue weighted by atomic mass is 10.1. The van der Waals surface area contributed by atoms with E-state index in [0.717, 1.165) is 24.5 Å². The van der Waals surface area contributed by atoms with E-state index in [2.05, 4.69) is 37.9 Å². The molecule has 1 rings (SSSR count). The average Bonchev–Trinajstić information content (AvgIpc) is 2.58. The van der Waals surface area contributed by atoms with E-state index < -0.39 is 0 Å². The van der Waals surface area contributed by atoms with Crippen LogP contribution in [0.25, 0.3) is 0 Å². The molecule has 90 valence electrons. The summed E-state index contributed by atoms with van der Waals surface area (Å²) < 4.78 is 0. The third kappa shape index (κ3) is 4.52. The van der Waals surface area contributed by atoms with E-state index in [-0.39, 0.29) is 0 Å². The first-order chi connectivity index (χ1) is 7.11. The molecule has 2 heteroatoms. The van der Waals surface area contributed by atoms with Crippen LogP contribution < -0.4 is 5.32 Å². The predicted molar refractivity (Wildman–Crippen MR) is 67.2 cm³/mol. The molecule has 0 radical (unpaired) electrons.